The highest BCUT2D eigenvalue weighted by Crippen LogP contribution is 2.37. The molecule has 5 nitrogen and oxygen atoms in total. The van der Waals surface area contributed by atoms with Crippen molar-refractivity contribution >= 4 is 5.91 Å². The summed E-state index contributed by atoms with van der Waals surface area (Å²) in [6.07, 6.45) is 4.33. The third-order valence-electron chi connectivity index (χ3n) is 5.08. The normalized spacial score (nSPS) is 22.1. The molecule has 0 unspecified atom stereocenters. The van der Waals surface area contributed by atoms with Crippen molar-refractivity contribution in [1.29, 1.82) is 0 Å². The lowest BCUT2D eigenvalue weighted by molar-refractivity contribution is -0.0396. The maximum absolute atomic E-state index is 12.6. The van der Waals surface area contributed by atoms with Crippen LogP contribution in [0.4, 0.5) is 0 Å². The van der Waals surface area contributed by atoms with Crippen LogP contribution in [0.1, 0.15) is 29.6 Å². The van der Waals surface area contributed by atoms with E-state index in [1.54, 1.807) is 6.20 Å². The average molecular weight is 338 g/mol. The lowest BCUT2D eigenvalue weighted by Gasteiger charge is -2.38. The van der Waals surface area contributed by atoms with Crippen LogP contribution >= 0.6 is 0 Å². The maximum atomic E-state index is 12.6. The molecule has 0 aliphatic carbocycles. The second-order valence-corrected chi connectivity index (χ2v) is 6.76. The molecule has 2 fully saturated rings. The summed E-state index contributed by atoms with van der Waals surface area (Å²) in [5.74, 6) is 0.750. The number of carbonyl (C=O) groups is 1. The Hall–Kier alpha value is -2.40. The molecule has 2 aliphatic heterocycles. The summed E-state index contributed by atoms with van der Waals surface area (Å²) in [7, 11) is 0. The largest absolute Gasteiger partial charge is 0.472 e. The fourth-order valence-corrected chi connectivity index (χ4v) is 3.69. The molecule has 0 bridgehead atoms. The third kappa shape index (κ3) is 3.51. The van der Waals surface area contributed by atoms with Crippen molar-refractivity contribution in [1.82, 2.24) is 9.88 Å². The first kappa shape index (κ1) is 16.1. The van der Waals surface area contributed by atoms with Crippen LogP contribution in [0.3, 0.4) is 0 Å². The summed E-state index contributed by atoms with van der Waals surface area (Å²) in [6, 6.07) is 15.1. The van der Waals surface area contributed by atoms with Gasteiger partial charge in [-0.15, -0.1) is 0 Å². The molecule has 4 rings (SSSR count). The van der Waals surface area contributed by atoms with Crippen molar-refractivity contribution in [2.24, 2.45) is 0 Å². The molecule has 2 aliphatic rings. The number of rotatable bonds is 3. The highest BCUT2D eigenvalue weighted by Gasteiger charge is 2.44. The topological polar surface area (TPSA) is 51.7 Å². The van der Waals surface area contributed by atoms with E-state index in [0.717, 1.165) is 37.9 Å². The quantitative estimate of drug-likeness (QED) is 0.863. The minimum Gasteiger partial charge on any atom is -0.472 e. The molecule has 1 aromatic heterocycles. The minimum atomic E-state index is -0.160. The van der Waals surface area contributed by atoms with Crippen molar-refractivity contribution in [3.63, 3.8) is 0 Å². The molecule has 1 atom stereocenters. The number of piperidine rings is 1. The lowest BCUT2D eigenvalue weighted by Crippen LogP contribution is -2.46. The van der Waals surface area contributed by atoms with Gasteiger partial charge >= 0.3 is 0 Å². The first-order valence-corrected chi connectivity index (χ1v) is 8.80. The van der Waals surface area contributed by atoms with E-state index in [1.807, 2.05) is 53.4 Å². The number of aromatic nitrogens is 1. The van der Waals surface area contributed by atoms with Gasteiger partial charge in [-0.25, -0.2) is 4.98 Å². The zero-order valence-electron chi connectivity index (χ0n) is 14.1. The molecule has 2 saturated heterocycles. The predicted octanol–water partition coefficient (Wildman–Crippen LogP) is 2.92. The van der Waals surface area contributed by atoms with Crippen molar-refractivity contribution in [3.05, 3.63) is 60.3 Å². The molecule has 1 spiro atoms. The summed E-state index contributed by atoms with van der Waals surface area (Å²) in [6.45, 7) is 2.04. The SMILES string of the molecule is O=C(c1ccccc1)N1CCC2(CC1)C[C@H](Oc1ccccn1)CO2. The minimum absolute atomic E-state index is 0.0336. The van der Waals surface area contributed by atoms with Crippen molar-refractivity contribution in [2.45, 2.75) is 31.0 Å². The molecule has 130 valence electrons. The van der Waals surface area contributed by atoms with Crippen LogP contribution in [-0.4, -0.2) is 47.2 Å². The van der Waals surface area contributed by atoms with Gasteiger partial charge in [-0.3, -0.25) is 4.79 Å². The van der Waals surface area contributed by atoms with E-state index in [2.05, 4.69) is 4.98 Å². The fraction of sp³-hybridized carbons (Fsp3) is 0.400. The monoisotopic (exact) mass is 338 g/mol. The molecule has 1 aromatic carbocycles. The third-order valence-corrected chi connectivity index (χ3v) is 5.08. The number of amides is 1. The van der Waals surface area contributed by atoms with Crippen molar-refractivity contribution in [3.8, 4) is 5.88 Å². The first-order chi connectivity index (χ1) is 12.2. The van der Waals surface area contributed by atoms with Gasteiger partial charge in [0.1, 0.15) is 6.10 Å². The van der Waals surface area contributed by atoms with E-state index in [4.69, 9.17) is 9.47 Å². The number of carbonyl (C=O) groups excluding carboxylic acids is 1. The molecule has 0 saturated carbocycles. The molecular formula is C20H22N2O3. The number of likely N-dealkylation sites (tertiary alicyclic amines) is 1. The van der Waals surface area contributed by atoms with E-state index in [1.165, 1.54) is 0 Å². The van der Waals surface area contributed by atoms with Crippen LogP contribution < -0.4 is 4.74 Å². The molecule has 0 radical (unpaired) electrons. The summed E-state index contributed by atoms with van der Waals surface area (Å²) in [4.78, 5) is 18.7. The second kappa shape index (κ2) is 6.84. The zero-order valence-corrected chi connectivity index (χ0v) is 14.1. The van der Waals surface area contributed by atoms with Crippen molar-refractivity contribution < 1.29 is 14.3 Å². The van der Waals surface area contributed by atoms with Gasteiger partial charge < -0.3 is 14.4 Å². The fourth-order valence-electron chi connectivity index (χ4n) is 3.69. The summed E-state index contributed by atoms with van der Waals surface area (Å²) < 4.78 is 12.0. The van der Waals surface area contributed by atoms with Gasteiger partial charge in [-0.05, 0) is 31.0 Å². The van der Waals surface area contributed by atoms with E-state index in [0.29, 0.717) is 12.5 Å². The molecule has 0 N–H and O–H groups in total. The van der Waals surface area contributed by atoms with E-state index < -0.39 is 0 Å². The van der Waals surface area contributed by atoms with Gasteiger partial charge in [-0.2, -0.15) is 0 Å². The number of nitrogens with zero attached hydrogens (tertiary/aromatic N) is 2. The van der Waals surface area contributed by atoms with Gasteiger partial charge in [0, 0.05) is 37.3 Å². The van der Waals surface area contributed by atoms with Crippen LogP contribution in [0.15, 0.2) is 54.7 Å². The molecule has 25 heavy (non-hydrogen) atoms. The summed E-state index contributed by atoms with van der Waals surface area (Å²) >= 11 is 0. The standard InChI is InChI=1S/C20H22N2O3/c23-19(16-6-2-1-3-7-16)22-12-9-20(10-13-22)14-17(15-24-20)25-18-8-4-5-11-21-18/h1-8,11,17H,9-10,12-15H2/t17-/m0/s1. The van der Waals surface area contributed by atoms with Gasteiger partial charge in [0.2, 0.25) is 5.88 Å². The van der Waals surface area contributed by atoms with Gasteiger partial charge in [0.15, 0.2) is 0 Å². The van der Waals surface area contributed by atoms with Crippen LogP contribution in [0, 0.1) is 0 Å². The van der Waals surface area contributed by atoms with Gasteiger partial charge in [0.05, 0.1) is 12.2 Å². The van der Waals surface area contributed by atoms with Crippen LogP contribution in [0.25, 0.3) is 0 Å². The Bertz CT molecular complexity index is 712. The lowest BCUT2D eigenvalue weighted by atomic mass is 9.87. The Morgan fingerprint density at radius 2 is 1.88 bits per heavy atom. The summed E-state index contributed by atoms with van der Waals surface area (Å²) in [5.41, 5.74) is 0.592. The highest BCUT2D eigenvalue weighted by atomic mass is 16.6. The Morgan fingerprint density at radius 1 is 1.12 bits per heavy atom. The molecule has 5 heteroatoms. The Kier molecular flexibility index (Phi) is 4.40. The number of hydrogen-bond donors (Lipinski definition) is 0. The zero-order chi connectivity index (χ0) is 17.1. The van der Waals surface area contributed by atoms with Crippen LogP contribution in [0.2, 0.25) is 0 Å². The van der Waals surface area contributed by atoms with Gasteiger partial charge in [-0.1, -0.05) is 24.3 Å². The number of benzene rings is 1. The Morgan fingerprint density at radius 3 is 2.60 bits per heavy atom. The highest BCUT2D eigenvalue weighted by molar-refractivity contribution is 5.94. The Labute approximate surface area is 147 Å². The first-order valence-electron chi connectivity index (χ1n) is 8.80. The number of pyridine rings is 1. The van der Waals surface area contributed by atoms with E-state index in [-0.39, 0.29) is 17.6 Å². The van der Waals surface area contributed by atoms with Crippen molar-refractivity contribution in [2.75, 3.05) is 19.7 Å². The molecule has 2 aromatic rings. The summed E-state index contributed by atoms with van der Waals surface area (Å²) in [5, 5.41) is 0. The van der Waals surface area contributed by atoms with Crippen LogP contribution in [-0.2, 0) is 4.74 Å². The van der Waals surface area contributed by atoms with E-state index >= 15 is 0 Å². The number of ether oxygens (including phenoxy) is 2. The number of hydrogen-bond acceptors (Lipinski definition) is 4. The van der Waals surface area contributed by atoms with Gasteiger partial charge in [0.25, 0.3) is 5.91 Å². The smallest absolute Gasteiger partial charge is 0.253 e. The maximum Gasteiger partial charge on any atom is 0.253 e. The molecule has 1 amide bonds. The predicted molar refractivity (Wildman–Crippen MR) is 93.5 cm³/mol. The molecule has 3 heterocycles. The molecular weight excluding hydrogens is 316 g/mol. The van der Waals surface area contributed by atoms with Crippen LogP contribution in [0.5, 0.6) is 5.88 Å². The Balaban J connectivity index is 1.33. The second-order valence-electron chi connectivity index (χ2n) is 6.76. The van der Waals surface area contributed by atoms with E-state index in [9.17, 15) is 4.79 Å². The average Bonchev–Trinajstić information content (AvgIpc) is 3.05.